The van der Waals surface area contributed by atoms with Gasteiger partial charge in [-0.1, -0.05) is 19.1 Å². The van der Waals surface area contributed by atoms with Crippen LogP contribution in [0.3, 0.4) is 0 Å². The van der Waals surface area contributed by atoms with Gasteiger partial charge < -0.3 is 5.11 Å². The van der Waals surface area contributed by atoms with Crippen LogP contribution in [-0.2, 0) is 14.8 Å². The van der Waals surface area contributed by atoms with Crippen molar-refractivity contribution in [1.29, 1.82) is 5.26 Å². The number of carboxylic acids is 1. The molecule has 1 aromatic rings. The summed E-state index contributed by atoms with van der Waals surface area (Å²) in [6.07, 6.45) is 2.49. The third kappa shape index (κ3) is 4.40. The van der Waals surface area contributed by atoms with Gasteiger partial charge in [0.05, 0.1) is 6.07 Å². The SMILES string of the molecule is CCC(C#N)S(=O)(=O)Nc1cccc(C=CC(=O)O)c1. The zero-order chi connectivity index (χ0) is 15.2. The lowest BCUT2D eigenvalue weighted by Crippen LogP contribution is -2.25. The Morgan fingerprint density at radius 3 is 2.80 bits per heavy atom. The van der Waals surface area contributed by atoms with Crippen molar-refractivity contribution in [2.24, 2.45) is 0 Å². The fraction of sp³-hybridized carbons (Fsp3) is 0.231. The van der Waals surface area contributed by atoms with Gasteiger partial charge in [-0.2, -0.15) is 5.26 Å². The highest BCUT2D eigenvalue weighted by Crippen LogP contribution is 2.16. The minimum Gasteiger partial charge on any atom is -0.478 e. The molecule has 0 amide bonds. The maximum atomic E-state index is 11.9. The predicted octanol–water partition coefficient (Wildman–Crippen LogP) is 1.83. The molecule has 0 aliphatic rings. The summed E-state index contributed by atoms with van der Waals surface area (Å²) in [4.78, 5) is 10.4. The van der Waals surface area contributed by atoms with Gasteiger partial charge >= 0.3 is 5.97 Å². The second-order valence-corrected chi connectivity index (χ2v) is 5.83. The minimum absolute atomic E-state index is 0.185. The molecule has 0 aromatic heterocycles. The van der Waals surface area contributed by atoms with Crippen molar-refractivity contribution in [2.45, 2.75) is 18.6 Å². The molecule has 1 atom stereocenters. The van der Waals surface area contributed by atoms with Gasteiger partial charge in [-0.25, -0.2) is 13.2 Å². The zero-order valence-corrected chi connectivity index (χ0v) is 11.6. The van der Waals surface area contributed by atoms with Crippen molar-refractivity contribution >= 4 is 27.8 Å². The van der Waals surface area contributed by atoms with Crippen LogP contribution in [0.15, 0.2) is 30.3 Å². The monoisotopic (exact) mass is 294 g/mol. The van der Waals surface area contributed by atoms with Gasteiger partial charge in [-0.05, 0) is 30.2 Å². The van der Waals surface area contributed by atoms with Gasteiger partial charge in [0.2, 0.25) is 10.0 Å². The third-order valence-corrected chi connectivity index (χ3v) is 4.16. The van der Waals surface area contributed by atoms with E-state index >= 15 is 0 Å². The molecule has 6 nitrogen and oxygen atoms in total. The van der Waals surface area contributed by atoms with E-state index in [1.165, 1.54) is 18.2 Å². The Morgan fingerprint density at radius 1 is 1.55 bits per heavy atom. The van der Waals surface area contributed by atoms with Crippen molar-refractivity contribution in [3.63, 3.8) is 0 Å². The molecule has 0 aliphatic carbocycles. The molecule has 0 spiro atoms. The molecular formula is C13H14N2O4S. The lowest BCUT2D eigenvalue weighted by atomic mass is 10.2. The number of nitrogens with one attached hydrogen (secondary N) is 1. The largest absolute Gasteiger partial charge is 0.478 e. The number of carboxylic acid groups (broad SMARTS) is 1. The zero-order valence-electron chi connectivity index (χ0n) is 10.8. The van der Waals surface area contributed by atoms with E-state index in [1.807, 2.05) is 0 Å². The summed E-state index contributed by atoms with van der Waals surface area (Å²) in [7, 11) is -3.78. The van der Waals surface area contributed by atoms with Crippen LogP contribution in [0.2, 0.25) is 0 Å². The number of hydrogen-bond donors (Lipinski definition) is 2. The molecule has 0 aliphatic heterocycles. The summed E-state index contributed by atoms with van der Waals surface area (Å²) in [5, 5.41) is 16.2. The highest BCUT2D eigenvalue weighted by molar-refractivity contribution is 7.93. The number of benzene rings is 1. The van der Waals surface area contributed by atoms with Crippen LogP contribution >= 0.6 is 0 Å². The third-order valence-electron chi connectivity index (χ3n) is 2.45. The highest BCUT2D eigenvalue weighted by Gasteiger charge is 2.23. The van der Waals surface area contributed by atoms with E-state index in [1.54, 1.807) is 25.1 Å². The minimum atomic E-state index is -3.78. The van der Waals surface area contributed by atoms with Crippen LogP contribution in [0.25, 0.3) is 6.08 Å². The van der Waals surface area contributed by atoms with Crippen molar-refractivity contribution in [1.82, 2.24) is 0 Å². The number of rotatable bonds is 6. The Balaban J connectivity index is 2.97. The van der Waals surface area contributed by atoms with Crippen LogP contribution in [0, 0.1) is 11.3 Å². The van der Waals surface area contributed by atoms with Crippen LogP contribution in [0.4, 0.5) is 5.69 Å². The summed E-state index contributed by atoms with van der Waals surface area (Å²) in [5.74, 6) is -1.09. The quantitative estimate of drug-likeness (QED) is 0.778. The number of nitrogens with zero attached hydrogens (tertiary/aromatic N) is 1. The Morgan fingerprint density at radius 2 is 2.25 bits per heavy atom. The van der Waals surface area contributed by atoms with Crippen LogP contribution < -0.4 is 4.72 Å². The van der Waals surface area contributed by atoms with Crippen molar-refractivity contribution in [2.75, 3.05) is 4.72 Å². The normalized spacial score (nSPS) is 12.8. The van der Waals surface area contributed by atoms with E-state index in [0.29, 0.717) is 5.56 Å². The smallest absolute Gasteiger partial charge is 0.328 e. The van der Waals surface area contributed by atoms with E-state index in [0.717, 1.165) is 6.08 Å². The van der Waals surface area contributed by atoms with Crippen LogP contribution in [-0.4, -0.2) is 24.7 Å². The molecule has 0 fully saturated rings. The Hall–Kier alpha value is -2.33. The molecule has 0 radical (unpaired) electrons. The first kappa shape index (κ1) is 15.7. The summed E-state index contributed by atoms with van der Waals surface area (Å²) in [5.41, 5.74) is 0.823. The number of carbonyl (C=O) groups is 1. The van der Waals surface area contributed by atoms with Gasteiger partial charge in [0.1, 0.15) is 0 Å². The second kappa shape index (κ2) is 6.73. The first-order valence-electron chi connectivity index (χ1n) is 5.81. The molecule has 0 saturated heterocycles. The molecule has 106 valence electrons. The Kier molecular flexibility index (Phi) is 5.29. The summed E-state index contributed by atoms with van der Waals surface area (Å²) in [6, 6.07) is 7.97. The van der Waals surface area contributed by atoms with E-state index < -0.39 is 21.2 Å². The standard InChI is InChI=1S/C13H14N2O4S/c1-2-12(9-14)20(18,19)15-11-5-3-4-10(8-11)6-7-13(16)17/h3-8,12,15H,2H2,1H3,(H,16,17). The summed E-state index contributed by atoms with van der Waals surface area (Å²) < 4.78 is 26.1. The van der Waals surface area contributed by atoms with E-state index in [9.17, 15) is 13.2 Å². The fourth-order valence-corrected chi connectivity index (χ4v) is 2.66. The molecule has 0 heterocycles. The molecule has 2 N–H and O–H groups in total. The predicted molar refractivity (Wildman–Crippen MR) is 75.3 cm³/mol. The molecule has 1 aromatic carbocycles. The lowest BCUT2D eigenvalue weighted by molar-refractivity contribution is -0.131. The molecule has 0 saturated carbocycles. The van der Waals surface area contributed by atoms with Gasteiger partial charge in [-0.15, -0.1) is 0 Å². The van der Waals surface area contributed by atoms with Crippen molar-refractivity contribution in [3.05, 3.63) is 35.9 Å². The van der Waals surface area contributed by atoms with Gasteiger partial charge in [0.25, 0.3) is 0 Å². The topological polar surface area (TPSA) is 107 Å². The number of sulfonamides is 1. The summed E-state index contributed by atoms with van der Waals surface area (Å²) >= 11 is 0. The average molecular weight is 294 g/mol. The van der Waals surface area contributed by atoms with Gasteiger partial charge in [0, 0.05) is 11.8 Å². The van der Waals surface area contributed by atoms with Crippen LogP contribution in [0.5, 0.6) is 0 Å². The molecule has 0 bridgehead atoms. The molecule has 7 heteroatoms. The number of aliphatic carboxylic acids is 1. The van der Waals surface area contributed by atoms with Crippen molar-refractivity contribution < 1.29 is 18.3 Å². The van der Waals surface area contributed by atoms with E-state index in [2.05, 4.69) is 4.72 Å². The molecule has 1 rings (SSSR count). The molecule has 1 unspecified atom stereocenters. The number of nitriles is 1. The van der Waals surface area contributed by atoms with Crippen molar-refractivity contribution in [3.8, 4) is 6.07 Å². The van der Waals surface area contributed by atoms with E-state index in [-0.39, 0.29) is 12.1 Å². The fourth-order valence-electron chi connectivity index (χ4n) is 1.49. The van der Waals surface area contributed by atoms with Gasteiger partial charge in [0.15, 0.2) is 5.25 Å². The second-order valence-electron chi connectivity index (χ2n) is 3.97. The average Bonchev–Trinajstić information content (AvgIpc) is 2.37. The first-order valence-corrected chi connectivity index (χ1v) is 7.36. The van der Waals surface area contributed by atoms with Crippen LogP contribution in [0.1, 0.15) is 18.9 Å². The Labute approximate surface area is 117 Å². The highest BCUT2D eigenvalue weighted by atomic mass is 32.2. The molecular weight excluding hydrogens is 280 g/mol. The molecule has 20 heavy (non-hydrogen) atoms. The van der Waals surface area contributed by atoms with E-state index in [4.69, 9.17) is 10.4 Å². The number of hydrogen-bond acceptors (Lipinski definition) is 4. The lowest BCUT2D eigenvalue weighted by Gasteiger charge is -2.11. The first-order chi connectivity index (χ1) is 9.39. The van der Waals surface area contributed by atoms with Gasteiger partial charge in [-0.3, -0.25) is 4.72 Å². The summed E-state index contributed by atoms with van der Waals surface area (Å²) in [6.45, 7) is 1.61. The number of anilines is 1. The maximum Gasteiger partial charge on any atom is 0.328 e. The Bertz CT molecular complexity index is 659. The maximum absolute atomic E-state index is 11.9.